The summed E-state index contributed by atoms with van der Waals surface area (Å²) in [5, 5.41) is 15.6. The van der Waals surface area contributed by atoms with E-state index in [9.17, 15) is 4.79 Å². The number of carbonyl (C=O) groups is 1. The Morgan fingerprint density at radius 2 is 2.10 bits per heavy atom. The van der Waals surface area contributed by atoms with Crippen LogP contribution < -0.4 is 0 Å². The number of carboxylic acids is 1. The normalized spacial score (nSPS) is 10.2. The van der Waals surface area contributed by atoms with Gasteiger partial charge in [0.2, 0.25) is 0 Å². The summed E-state index contributed by atoms with van der Waals surface area (Å²) in [6, 6.07) is 1.92. The molecule has 1 N–H and O–H groups in total. The van der Waals surface area contributed by atoms with Gasteiger partial charge >= 0.3 is 5.97 Å². The average Bonchev–Trinajstić information content (AvgIpc) is 1.89. The highest BCUT2D eigenvalue weighted by Gasteiger charge is 2.01. The van der Waals surface area contributed by atoms with Gasteiger partial charge in [-0.05, 0) is 6.92 Å². The van der Waals surface area contributed by atoms with Crippen molar-refractivity contribution in [2.24, 2.45) is 0 Å². The molecule has 3 nitrogen and oxygen atoms in total. The van der Waals surface area contributed by atoms with Gasteiger partial charge in [-0.1, -0.05) is 45.2 Å². The third-order valence-electron chi connectivity index (χ3n) is 0.400. The van der Waals surface area contributed by atoms with E-state index in [1.165, 1.54) is 0 Å². The topological polar surface area (TPSA) is 61.1 Å². The van der Waals surface area contributed by atoms with E-state index in [2.05, 4.69) is 0 Å². The second-order valence-electron chi connectivity index (χ2n) is 1.25. The highest BCUT2D eigenvalue weighted by Crippen LogP contribution is 1.95. The highest BCUT2D eigenvalue weighted by atomic mass is 127. The van der Waals surface area contributed by atoms with Gasteiger partial charge < -0.3 is 5.11 Å². The van der Waals surface area contributed by atoms with Gasteiger partial charge in [0.1, 0.15) is 3.92 Å². The predicted octanol–water partition coefficient (Wildman–Crippen LogP) is 1.84. The first-order valence-corrected chi connectivity index (χ1v) is 5.13. The van der Waals surface area contributed by atoms with Gasteiger partial charge in [0, 0.05) is 0 Å². The molecule has 0 aliphatic carbocycles. The summed E-state index contributed by atoms with van der Waals surface area (Å²) >= 11 is 3.82. The number of alkyl halides is 2. The molecule has 0 heterocycles. The van der Waals surface area contributed by atoms with Crippen LogP contribution in [-0.2, 0) is 4.79 Å². The molecule has 58 valence electrons. The zero-order chi connectivity index (χ0) is 8.57. The maximum atomic E-state index is 9.69. The molecule has 0 saturated carbocycles. The number of halogens is 2. The summed E-state index contributed by atoms with van der Waals surface area (Å²) in [7, 11) is 0. The minimum atomic E-state index is -0.754. The first-order valence-electron chi connectivity index (χ1n) is 2.36. The van der Waals surface area contributed by atoms with Gasteiger partial charge in [0.15, 0.2) is 0 Å². The molecule has 10 heavy (non-hydrogen) atoms. The summed E-state index contributed by atoms with van der Waals surface area (Å²) < 4.78 is 0.334. The predicted molar refractivity (Wildman–Crippen MR) is 55.6 cm³/mol. The Hall–Kier alpha value is 0.420. The summed E-state index contributed by atoms with van der Waals surface area (Å²) in [6.45, 7) is 1.63. The van der Waals surface area contributed by atoms with Gasteiger partial charge in [-0.3, -0.25) is 4.79 Å². The molecular weight excluding hydrogens is 360 g/mol. The van der Waals surface area contributed by atoms with Crippen molar-refractivity contribution in [1.29, 1.82) is 5.26 Å². The van der Waals surface area contributed by atoms with Crippen LogP contribution in [0, 0.1) is 11.3 Å². The highest BCUT2D eigenvalue weighted by molar-refractivity contribution is 14.1. The number of carboxylic acid groups (broad SMARTS) is 1. The summed E-state index contributed by atoms with van der Waals surface area (Å²) in [6.07, 6.45) is 0. The van der Waals surface area contributed by atoms with Crippen molar-refractivity contribution in [3.8, 4) is 6.07 Å². The smallest absolute Gasteiger partial charge is 0.316 e. The molecule has 0 spiro atoms. The van der Waals surface area contributed by atoms with E-state index in [0.717, 1.165) is 0 Å². The van der Waals surface area contributed by atoms with Crippen molar-refractivity contribution < 1.29 is 9.90 Å². The third kappa shape index (κ3) is 15.8. The molecule has 0 aliphatic heterocycles. The standard InChI is InChI=1S/C3H5IO2.C2H2IN/c1-2(4)3(5)6;3-1-2-4/h2H,1H3,(H,5,6);1H2. The fourth-order valence-corrected chi connectivity index (χ4v) is 0. The molecule has 0 bridgehead atoms. The van der Waals surface area contributed by atoms with Crippen LogP contribution >= 0.6 is 45.2 Å². The van der Waals surface area contributed by atoms with Crippen molar-refractivity contribution >= 4 is 51.2 Å². The van der Waals surface area contributed by atoms with Crippen molar-refractivity contribution in [2.45, 2.75) is 10.8 Å². The number of aliphatic carboxylic acids is 1. The molecule has 1 unspecified atom stereocenters. The largest absolute Gasteiger partial charge is 0.480 e. The molecule has 1 atom stereocenters. The van der Waals surface area contributed by atoms with E-state index in [0.29, 0.717) is 4.43 Å². The van der Waals surface area contributed by atoms with Gasteiger partial charge in [-0.2, -0.15) is 5.26 Å². The quantitative estimate of drug-likeness (QED) is 0.569. The van der Waals surface area contributed by atoms with Crippen molar-refractivity contribution in [2.75, 3.05) is 4.43 Å². The van der Waals surface area contributed by atoms with Crippen molar-refractivity contribution in [3.05, 3.63) is 0 Å². The van der Waals surface area contributed by atoms with Crippen LogP contribution in [0.25, 0.3) is 0 Å². The van der Waals surface area contributed by atoms with Crippen molar-refractivity contribution in [3.63, 3.8) is 0 Å². The number of nitriles is 1. The lowest BCUT2D eigenvalue weighted by Crippen LogP contribution is -2.05. The zero-order valence-corrected chi connectivity index (χ0v) is 9.66. The van der Waals surface area contributed by atoms with Gasteiger partial charge in [0.05, 0.1) is 10.5 Å². The number of nitrogens with zero attached hydrogens (tertiary/aromatic N) is 1. The van der Waals surface area contributed by atoms with Gasteiger partial charge in [0.25, 0.3) is 0 Å². The van der Waals surface area contributed by atoms with E-state index < -0.39 is 5.97 Å². The lowest BCUT2D eigenvalue weighted by atomic mass is 10.5. The van der Waals surface area contributed by atoms with Crippen LogP contribution in [0.3, 0.4) is 0 Å². The van der Waals surface area contributed by atoms with Gasteiger partial charge in [-0.25, -0.2) is 0 Å². The fourth-order valence-electron chi connectivity index (χ4n) is 0. The Morgan fingerprint density at radius 1 is 1.90 bits per heavy atom. The molecule has 0 radical (unpaired) electrons. The average molecular weight is 367 g/mol. The van der Waals surface area contributed by atoms with E-state index in [1.807, 2.05) is 51.3 Å². The minimum Gasteiger partial charge on any atom is -0.480 e. The number of hydrogen-bond acceptors (Lipinski definition) is 2. The molecule has 0 aromatic carbocycles. The molecule has 0 aliphatic rings. The Kier molecular flexibility index (Phi) is 12.3. The first-order chi connectivity index (χ1) is 4.56. The Labute approximate surface area is 87.1 Å². The summed E-state index contributed by atoms with van der Waals surface area (Å²) in [4.78, 5) is 9.69. The third-order valence-corrected chi connectivity index (χ3v) is 1.27. The second kappa shape index (κ2) is 9.42. The molecule has 5 heteroatoms. The monoisotopic (exact) mass is 367 g/mol. The minimum absolute atomic E-state index is 0.261. The lowest BCUT2D eigenvalue weighted by molar-refractivity contribution is -0.135. The van der Waals surface area contributed by atoms with Gasteiger partial charge in [-0.15, -0.1) is 0 Å². The maximum absolute atomic E-state index is 9.69. The first kappa shape index (κ1) is 13.0. The molecule has 0 amide bonds. The van der Waals surface area contributed by atoms with Crippen LogP contribution in [0.4, 0.5) is 0 Å². The summed E-state index contributed by atoms with van der Waals surface area (Å²) in [5.41, 5.74) is 0. The number of rotatable bonds is 1. The second-order valence-corrected chi connectivity index (χ2v) is 3.88. The Bertz CT molecular complexity index is 130. The molecule has 0 fully saturated rings. The lowest BCUT2D eigenvalue weighted by Gasteiger charge is -1.87. The van der Waals surface area contributed by atoms with Crippen LogP contribution in [0.1, 0.15) is 6.92 Å². The molecule has 0 aromatic rings. The van der Waals surface area contributed by atoms with Crippen LogP contribution in [-0.4, -0.2) is 19.4 Å². The van der Waals surface area contributed by atoms with E-state index in [1.54, 1.807) is 6.92 Å². The van der Waals surface area contributed by atoms with Crippen LogP contribution in [0.2, 0.25) is 0 Å². The SMILES string of the molecule is CC(I)C(=O)O.N#CCI. The Balaban J connectivity index is 0. The molecule has 0 rings (SSSR count). The molecule has 0 aromatic heterocycles. The van der Waals surface area contributed by atoms with Crippen LogP contribution in [0.15, 0.2) is 0 Å². The van der Waals surface area contributed by atoms with E-state index >= 15 is 0 Å². The van der Waals surface area contributed by atoms with E-state index in [4.69, 9.17) is 10.4 Å². The van der Waals surface area contributed by atoms with Crippen molar-refractivity contribution in [1.82, 2.24) is 0 Å². The molecule has 0 saturated heterocycles. The van der Waals surface area contributed by atoms with Crippen LogP contribution in [0.5, 0.6) is 0 Å². The zero-order valence-electron chi connectivity index (χ0n) is 5.34. The molecular formula is C5H7I2NO2. The fraction of sp³-hybridized carbons (Fsp3) is 0.600. The summed E-state index contributed by atoms with van der Waals surface area (Å²) in [5.74, 6) is -0.754. The number of hydrogen-bond donors (Lipinski definition) is 1. The Morgan fingerprint density at radius 3 is 2.10 bits per heavy atom. The van der Waals surface area contributed by atoms with E-state index in [-0.39, 0.29) is 3.92 Å². The maximum Gasteiger partial charge on any atom is 0.316 e.